The van der Waals surface area contributed by atoms with E-state index in [4.69, 9.17) is 9.84 Å². The topological polar surface area (TPSA) is 115 Å². The minimum atomic E-state index is -1.13. The van der Waals surface area contributed by atoms with E-state index >= 15 is 0 Å². The van der Waals surface area contributed by atoms with Crippen molar-refractivity contribution < 1.29 is 14.6 Å². The molecule has 19 heavy (non-hydrogen) atoms. The van der Waals surface area contributed by atoms with E-state index in [2.05, 4.69) is 10.4 Å². The third-order valence-corrected chi connectivity index (χ3v) is 2.54. The number of carboxylic acid groups (broad SMARTS) is 1. The first-order valence-corrected chi connectivity index (χ1v) is 5.51. The average Bonchev–Trinajstić information content (AvgIpc) is 2.37. The zero-order valence-electron chi connectivity index (χ0n) is 10.9. The van der Waals surface area contributed by atoms with E-state index in [0.717, 1.165) is 9.25 Å². The number of anilines is 1. The van der Waals surface area contributed by atoms with Crippen LogP contribution in [-0.4, -0.2) is 45.2 Å². The van der Waals surface area contributed by atoms with Crippen LogP contribution < -0.4 is 16.6 Å². The van der Waals surface area contributed by atoms with Gasteiger partial charge in [-0.3, -0.25) is 9.36 Å². The molecule has 0 aliphatic carbocycles. The van der Waals surface area contributed by atoms with Gasteiger partial charge in [-0.15, -0.1) is 5.10 Å². The Kier molecular flexibility index (Phi) is 4.81. The second-order valence-corrected chi connectivity index (χ2v) is 3.94. The summed E-state index contributed by atoms with van der Waals surface area (Å²) in [6.07, 6.45) is 0.166. The number of ether oxygens (including phenoxy) is 1. The molecule has 0 aromatic carbocycles. The summed E-state index contributed by atoms with van der Waals surface area (Å²) >= 11 is 0. The maximum Gasteiger partial charge on any atom is 0.346 e. The number of methoxy groups -OCH3 is 1. The summed E-state index contributed by atoms with van der Waals surface area (Å²) in [6.45, 7) is 0.218. The first-order valence-electron chi connectivity index (χ1n) is 5.51. The number of hydrogen-bond acceptors (Lipinski definition) is 6. The zero-order valence-corrected chi connectivity index (χ0v) is 10.9. The van der Waals surface area contributed by atoms with Gasteiger partial charge in [0.2, 0.25) is 5.82 Å². The van der Waals surface area contributed by atoms with Crippen molar-refractivity contribution in [1.29, 1.82) is 0 Å². The van der Waals surface area contributed by atoms with Crippen LogP contribution in [0.25, 0.3) is 0 Å². The fraction of sp³-hybridized carbons (Fsp3) is 0.600. The number of hydrogen-bond donors (Lipinski definition) is 2. The van der Waals surface area contributed by atoms with Crippen molar-refractivity contribution in [1.82, 2.24) is 14.3 Å². The molecule has 0 amide bonds. The SMILES string of the molecule is COCCC(Nc1nn(C)c(=O)n(C)c1=O)C(=O)O. The minimum absolute atomic E-state index is 0.166. The van der Waals surface area contributed by atoms with Gasteiger partial charge in [-0.25, -0.2) is 14.3 Å². The summed E-state index contributed by atoms with van der Waals surface area (Å²) in [5, 5.41) is 15.2. The van der Waals surface area contributed by atoms with Crippen LogP contribution in [0.4, 0.5) is 5.82 Å². The molecule has 0 fully saturated rings. The van der Waals surface area contributed by atoms with Gasteiger partial charge in [0.25, 0.3) is 5.56 Å². The van der Waals surface area contributed by atoms with Crippen molar-refractivity contribution in [2.75, 3.05) is 19.0 Å². The molecule has 1 heterocycles. The third kappa shape index (κ3) is 3.41. The van der Waals surface area contributed by atoms with Gasteiger partial charge in [0.1, 0.15) is 6.04 Å². The number of aliphatic carboxylic acids is 1. The van der Waals surface area contributed by atoms with Crippen molar-refractivity contribution in [3.8, 4) is 0 Å². The number of nitrogens with zero attached hydrogens (tertiary/aromatic N) is 3. The van der Waals surface area contributed by atoms with Crippen LogP contribution in [0.15, 0.2) is 9.59 Å². The first kappa shape index (κ1) is 14.9. The molecule has 106 valence electrons. The van der Waals surface area contributed by atoms with Crippen LogP contribution in [0.5, 0.6) is 0 Å². The van der Waals surface area contributed by atoms with E-state index in [1.165, 1.54) is 21.2 Å². The monoisotopic (exact) mass is 272 g/mol. The zero-order chi connectivity index (χ0) is 14.6. The number of rotatable bonds is 6. The number of aryl methyl sites for hydroxylation is 1. The highest BCUT2D eigenvalue weighted by atomic mass is 16.5. The second kappa shape index (κ2) is 6.14. The van der Waals surface area contributed by atoms with E-state index in [1.807, 2.05) is 0 Å². The van der Waals surface area contributed by atoms with Gasteiger partial charge in [-0.2, -0.15) is 0 Å². The molecule has 0 spiro atoms. The summed E-state index contributed by atoms with van der Waals surface area (Å²) < 4.78 is 6.60. The summed E-state index contributed by atoms with van der Waals surface area (Å²) in [7, 11) is 4.11. The molecule has 1 aromatic rings. The maximum absolute atomic E-state index is 11.8. The summed E-state index contributed by atoms with van der Waals surface area (Å²) in [5.74, 6) is -1.32. The molecule has 0 aliphatic rings. The average molecular weight is 272 g/mol. The molecule has 0 aliphatic heterocycles. The smallest absolute Gasteiger partial charge is 0.346 e. The Hall–Kier alpha value is -2.16. The van der Waals surface area contributed by atoms with Crippen LogP contribution in [0.1, 0.15) is 6.42 Å². The summed E-state index contributed by atoms with van der Waals surface area (Å²) in [4.78, 5) is 34.2. The number of nitrogens with one attached hydrogen (secondary N) is 1. The largest absolute Gasteiger partial charge is 0.480 e. The standard InChI is InChI=1S/C10H16N4O5/c1-13-8(15)7(12-14(2)10(13)18)11-6(9(16)17)4-5-19-3/h6H,4-5H2,1-3H3,(H,11,12)(H,16,17). The highest BCUT2D eigenvalue weighted by Crippen LogP contribution is 2.00. The van der Waals surface area contributed by atoms with E-state index in [-0.39, 0.29) is 18.8 Å². The number of carbonyl (C=O) groups is 1. The second-order valence-electron chi connectivity index (χ2n) is 3.94. The molecule has 0 bridgehead atoms. The van der Waals surface area contributed by atoms with E-state index < -0.39 is 23.3 Å². The van der Waals surface area contributed by atoms with Gasteiger partial charge in [-0.1, -0.05) is 0 Å². The van der Waals surface area contributed by atoms with Gasteiger partial charge in [0, 0.05) is 34.2 Å². The number of aromatic nitrogens is 3. The molecule has 0 saturated carbocycles. The Bertz CT molecular complexity index is 576. The van der Waals surface area contributed by atoms with Gasteiger partial charge in [0.05, 0.1) is 0 Å². The van der Waals surface area contributed by atoms with Crippen molar-refractivity contribution >= 4 is 11.8 Å². The lowest BCUT2D eigenvalue weighted by Crippen LogP contribution is -2.42. The molecule has 1 atom stereocenters. The lowest BCUT2D eigenvalue weighted by molar-refractivity contribution is -0.138. The summed E-state index contributed by atoms with van der Waals surface area (Å²) in [6, 6.07) is -1.02. The van der Waals surface area contributed by atoms with E-state index in [1.54, 1.807) is 0 Å². The Balaban J connectivity index is 3.07. The fourth-order valence-corrected chi connectivity index (χ4v) is 1.45. The Morgan fingerprint density at radius 3 is 2.63 bits per heavy atom. The predicted octanol–water partition coefficient (Wildman–Crippen LogP) is -1.62. The van der Waals surface area contributed by atoms with Crippen LogP contribution in [0.3, 0.4) is 0 Å². The molecule has 9 nitrogen and oxygen atoms in total. The molecule has 1 aromatic heterocycles. The molecule has 1 rings (SSSR count). The Labute approximate surface area is 108 Å². The highest BCUT2D eigenvalue weighted by molar-refractivity contribution is 5.76. The molecule has 9 heteroatoms. The van der Waals surface area contributed by atoms with Crippen LogP contribution in [0.2, 0.25) is 0 Å². The third-order valence-electron chi connectivity index (χ3n) is 2.54. The van der Waals surface area contributed by atoms with Gasteiger partial charge >= 0.3 is 11.7 Å². The minimum Gasteiger partial charge on any atom is -0.480 e. The number of carboxylic acids is 1. The molecule has 1 unspecified atom stereocenters. The predicted molar refractivity (Wildman–Crippen MR) is 66.3 cm³/mol. The molecular formula is C10H16N4O5. The lowest BCUT2D eigenvalue weighted by atomic mass is 10.2. The lowest BCUT2D eigenvalue weighted by Gasteiger charge is -2.14. The van der Waals surface area contributed by atoms with Crippen molar-refractivity contribution in [2.45, 2.75) is 12.5 Å². The Morgan fingerprint density at radius 2 is 2.11 bits per heavy atom. The summed E-state index contributed by atoms with van der Waals surface area (Å²) in [5.41, 5.74) is -1.26. The normalized spacial score (nSPS) is 12.2. The Morgan fingerprint density at radius 1 is 1.47 bits per heavy atom. The quantitative estimate of drug-likeness (QED) is 0.639. The van der Waals surface area contributed by atoms with Crippen LogP contribution in [-0.2, 0) is 23.6 Å². The van der Waals surface area contributed by atoms with Crippen molar-refractivity contribution in [2.24, 2.45) is 14.1 Å². The van der Waals surface area contributed by atoms with E-state index in [9.17, 15) is 14.4 Å². The van der Waals surface area contributed by atoms with E-state index in [0.29, 0.717) is 0 Å². The molecule has 0 saturated heterocycles. The first-order chi connectivity index (χ1) is 8.88. The molecular weight excluding hydrogens is 256 g/mol. The molecule has 0 radical (unpaired) electrons. The van der Waals surface area contributed by atoms with Gasteiger partial charge in [0.15, 0.2) is 0 Å². The van der Waals surface area contributed by atoms with Gasteiger partial charge in [-0.05, 0) is 0 Å². The van der Waals surface area contributed by atoms with Crippen LogP contribution in [0, 0.1) is 0 Å². The molecule has 2 N–H and O–H groups in total. The van der Waals surface area contributed by atoms with Crippen LogP contribution >= 0.6 is 0 Å². The fourth-order valence-electron chi connectivity index (χ4n) is 1.45. The van der Waals surface area contributed by atoms with Crippen molar-refractivity contribution in [3.63, 3.8) is 0 Å². The highest BCUT2D eigenvalue weighted by Gasteiger charge is 2.20. The van der Waals surface area contributed by atoms with Gasteiger partial charge < -0.3 is 15.2 Å². The maximum atomic E-state index is 11.8. The van der Waals surface area contributed by atoms with Crippen molar-refractivity contribution in [3.05, 3.63) is 20.8 Å².